The first-order chi connectivity index (χ1) is 18.0. The van der Waals surface area contributed by atoms with Gasteiger partial charge in [0.1, 0.15) is 5.69 Å². The molecule has 4 aromatic rings. The lowest BCUT2D eigenvalue weighted by Crippen LogP contribution is -2.45. The van der Waals surface area contributed by atoms with Crippen molar-refractivity contribution in [1.29, 1.82) is 0 Å². The molecule has 4 heterocycles. The highest BCUT2D eigenvalue weighted by Crippen LogP contribution is 2.63. The van der Waals surface area contributed by atoms with Crippen LogP contribution in [0.4, 0.5) is 11.5 Å². The van der Waals surface area contributed by atoms with E-state index in [1.54, 1.807) is 11.3 Å². The van der Waals surface area contributed by atoms with Crippen LogP contribution < -0.4 is 5.30 Å². The Bertz CT molecular complexity index is 1510. The van der Waals surface area contributed by atoms with E-state index < -0.39 is 7.36 Å². The van der Waals surface area contributed by atoms with Gasteiger partial charge in [0.2, 0.25) is 0 Å². The third-order valence-electron chi connectivity index (χ3n) is 6.54. The van der Waals surface area contributed by atoms with E-state index in [0.717, 1.165) is 46.3 Å². The van der Waals surface area contributed by atoms with Crippen molar-refractivity contribution in [3.05, 3.63) is 86.7 Å². The van der Waals surface area contributed by atoms with E-state index in [0.29, 0.717) is 28.9 Å². The number of para-hydroxylation sites is 1. The van der Waals surface area contributed by atoms with Gasteiger partial charge in [-0.2, -0.15) is 5.10 Å². The van der Waals surface area contributed by atoms with Crippen molar-refractivity contribution in [2.45, 2.75) is 6.92 Å². The lowest BCUT2D eigenvalue weighted by atomic mass is 10.3. The summed E-state index contributed by atoms with van der Waals surface area (Å²) >= 11 is 15.1. The van der Waals surface area contributed by atoms with E-state index in [-0.39, 0.29) is 0 Å². The van der Waals surface area contributed by atoms with Gasteiger partial charge >= 0.3 is 0 Å². The maximum Gasteiger partial charge on any atom is 0.170 e. The van der Waals surface area contributed by atoms with Gasteiger partial charge in [0.15, 0.2) is 19.0 Å². The van der Waals surface area contributed by atoms with Gasteiger partial charge in [-0.3, -0.25) is 0 Å². The van der Waals surface area contributed by atoms with Crippen molar-refractivity contribution in [2.75, 3.05) is 33.4 Å². The number of halogens is 2. The van der Waals surface area contributed by atoms with E-state index >= 15 is 0 Å². The predicted octanol–water partition coefficient (Wildman–Crippen LogP) is 6.89. The summed E-state index contributed by atoms with van der Waals surface area (Å²) in [5.41, 5.74) is 2.41. The van der Waals surface area contributed by atoms with Crippen LogP contribution in [0.15, 0.2) is 75.8 Å². The molecule has 0 spiro atoms. The fourth-order valence-electron chi connectivity index (χ4n) is 4.85. The average Bonchev–Trinajstić information content (AvgIpc) is 3.57. The summed E-state index contributed by atoms with van der Waals surface area (Å²) in [5.74, 6) is 1.64. The fraction of sp³-hybridized carbons (Fsp3) is 0.231. The Morgan fingerprint density at radius 2 is 1.70 bits per heavy atom. The molecule has 0 saturated carbocycles. The summed E-state index contributed by atoms with van der Waals surface area (Å²) in [5, 5.41) is 9.13. The minimum absolute atomic E-state index is 0.517. The highest BCUT2D eigenvalue weighted by atomic mass is 35.5. The van der Waals surface area contributed by atoms with E-state index in [4.69, 9.17) is 42.8 Å². The Hall–Kier alpha value is -2.45. The normalized spacial score (nSPS) is 20.0. The predicted molar refractivity (Wildman–Crippen MR) is 154 cm³/mol. The first-order valence-electron chi connectivity index (χ1n) is 11.9. The second-order valence-corrected chi connectivity index (χ2v) is 13.5. The van der Waals surface area contributed by atoms with Crippen LogP contribution in [-0.2, 0) is 4.74 Å². The molecular formula is C26H25Cl2N6OPS. The van der Waals surface area contributed by atoms with Crippen LogP contribution in [0.2, 0.25) is 10.0 Å². The summed E-state index contributed by atoms with van der Waals surface area (Å²) in [4.78, 5) is 6.30. The monoisotopic (exact) mass is 570 g/mol. The van der Waals surface area contributed by atoms with E-state index in [2.05, 4.69) is 27.8 Å². The van der Waals surface area contributed by atoms with Gasteiger partial charge in [-0.25, -0.2) is 19.1 Å². The fourth-order valence-corrected chi connectivity index (χ4v) is 10.1. The Kier molecular flexibility index (Phi) is 6.74. The number of fused-ring (bicyclic) bond motifs is 1. The molecule has 0 aliphatic carbocycles. The molecule has 6 rings (SSSR count). The minimum atomic E-state index is -2.72. The second-order valence-electron chi connectivity index (χ2n) is 8.75. The molecule has 190 valence electrons. The summed E-state index contributed by atoms with van der Waals surface area (Å²) < 4.78 is 17.9. The molecule has 11 heteroatoms. The zero-order valence-corrected chi connectivity index (χ0v) is 23.6. The van der Waals surface area contributed by atoms with Crippen molar-refractivity contribution >= 4 is 64.5 Å². The molecule has 0 unspecified atom stereocenters. The van der Waals surface area contributed by atoms with Crippen LogP contribution in [0.25, 0.3) is 5.69 Å². The molecule has 1 saturated heterocycles. The van der Waals surface area contributed by atoms with Crippen molar-refractivity contribution in [2.24, 2.45) is 9.74 Å². The topological polar surface area (TPSA) is 58.3 Å². The second kappa shape index (κ2) is 10.0. The number of hydrogen-bond acceptors (Lipinski definition) is 5. The van der Waals surface area contributed by atoms with Gasteiger partial charge in [-0.15, -0.1) is 11.3 Å². The lowest BCUT2D eigenvalue weighted by molar-refractivity contribution is 0.0732. The zero-order chi connectivity index (χ0) is 25.6. The summed E-state index contributed by atoms with van der Waals surface area (Å²) in [6, 6.07) is 19.8. The first-order valence-corrected chi connectivity index (χ1v) is 15.2. The van der Waals surface area contributed by atoms with E-state index in [1.807, 2.05) is 66.2 Å². The van der Waals surface area contributed by atoms with Crippen molar-refractivity contribution in [3.8, 4) is 5.69 Å². The number of aryl methyl sites for hydroxylation is 1. The molecule has 2 aromatic heterocycles. The van der Waals surface area contributed by atoms with Gasteiger partial charge < -0.3 is 9.41 Å². The molecule has 0 radical (unpaired) electrons. The number of aromatic nitrogens is 2. The Balaban J connectivity index is 1.74. The molecule has 0 amide bonds. The smallest absolute Gasteiger partial charge is 0.170 e. The maximum absolute atomic E-state index is 6.73. The molecule has 2 aliphatic rings. The molecule has 2 aromatic carbocycles. The Morgan fingerprint density at radius 3 is 2.38 bits per heavy atom. The van der Waals surface area contributed by atoms with Crippen LogP contribution >= 0.6 is 41.9 Å². The summed E-state index contributed by atoms with van der Waals surface area (Å²) in [6.45, 7) is 4.71. The van der Waals surface area contributed by atoms with E-state index in [9.17, 15) is 0 Å². The number of benzene rings is 2. The number of ether oxygens (including phenoxy) is 1. The van der Waals surface area contributed by atoms with Gasteiger partial charge in [-0.1, -0.05) is 53.5 Å². The van der Waals surface area contributed by atoms with Gasteiger partial charge in [-0.05, 0) is 42.6 Å². The number of nitrogens with zero attached hydrogens (tertiary/aromatic N) is 6. The average molecular weight is 571 g/mol. The van der Waals surface area contributed by atoms with E-state index in [1.165, 1.54) is 0 Å². The van der Waals surface area contributed by atoms with Crippen molar-refractivity contribution in [3.63, 3.8) is 0 Å². The first kappa shape index (κ1) is 24.9. The molecule has 0 bridgehead atoms. The van der Waals surface area contributed by atoms with Crippen molar-refractivity contribution < 1.29 is 4.74 Å². The summed E-state index contributed by atoms with van der Waals surface area (Å²) in [7, 11) is -0.640. The SMILES string of the molecule is Cc1nn(-c2ccccc2)c2c1[P@@](=Nc1c(Cl)cccc1Cl)(N1CCOCC1)N(C)C(c1cccs1)=N2. The van der Waals surface area contributed by atoms with Crippen LogP contribution in [0.3, 0.4) is 0 Å². The number of morpholine rings is 1. The van der Waals surface area contributed by atoms with Crippen LogP contribution in [-0.4, -0.2) is 58.3 Å². The molecule has 37 heavy (non-hydrogen) atoms. The van der Waals surface area contributed by atoms with Crippen molar-refractivity contribution in [1.82, 2.24) is 19.1 Å². The molecule has 2 aliphatic heterocycles. The lowest BCUT2D eigenvalue weighted by Gasteiger charge is -2.46. The van der Waals surface area contributed by atoms with Gasteiger partial charge in [0.05, 0.1) is 44.8 Å². The largest absolute Gasteiger partial charge is 0.379 e. The maximum atomic E-state index is 6.73. The molecule has 0 N–H and O–H groups in total. The van der Waals surface area contributed by atoms with Gasteiger partial charge in [0, 0.05) is 20.1 Å². The molecular weight excluding hydrogens is 546 g/mol. The number of aliphatic imine (C=N–C) groups is 1. The summed E-state index contributed by atoms with van der Waals surface area (Å²) in [6.07, 6.45) is 0. The number of amidine groups is 1. The van der Waals surface area contributed by atoms with Gasteiger partial charge in [0.25, 0.3) is 0 Å². The minimum Gasteiger partial charge on any atom is -0.379 e. The zero-order valence-electron chi connectivity index (χ0n) is 20.4. The highest BCUT2D eigenvalue weighted by molar-refractivity contribution is 7.70. The third kappa shape index (κ3) is 4.16. The number of thiophene rings is 1. The Morgan fingerprint density at radius 1 is 0.973 bits per heavy atom. The van der Waals surface area contributed by atoms with Crippen LogP contribution in [0, 0.1) is 6.92 Å². The Labute approximate surface area is 230 Å². The quantitative estimate of drug-likeness (QED) is 0.250. The standard InChI is InChI=1S/C26H25Cl2N6OPS/c1-18-24-26(34(30-18)19-8-4-3-5-9-19)29-25(22-12-7-17-37-22)32(2)36(24,33-13-15-35-16-14-33)31-23-20(27)10-6-11-21(23)28/h3-12,17H,13-16H2,1-2H3/t36-/m0/s1. The highest BCUT2D eigenvalue weighted by Gasteiger charge is 2.46. The molecule has 1 fully saturated rings. The molecule has 1 atom stereocenters. The number of hydrogen-bond donors (Lipinski definition) is 0. The van der Waals surface area contributed by atoms with Crippen LogP contribution in [0.1, 0.15) is 10.6 Å². The van der Waals surface area contributed by atoms with Crippen LogP contribution in [0.5, 0.6) is 0 Å². The third-order valence-corrected chi connectivity index (χ3v) is 11.8. The molecule has 7 nitrogen and oxygen atoms in total. The number of rotatable bonds is 4.